The molecule has 1 amide bonds. The highest BCUT2D eigenvalue weighted by Crippen LogP contribution is 2.40. The largest absolute Gasteiger partial charge is 0.507 e. The first kappa shape index (κ1) is 24.5. The van der Waals surface area contributed by atoms with Crippen molar-refractivity contribution >= 4 is 17.4 Å². The molecule has 1 heterocycles. The van der Waals surface area contributed by atoms with Gasteiger partial charge in [0.2, 0.25) is 0 Å². The van der Waals surface area contributed by atoms with Crippen LogP contribution in [0.3, 0.4) is 0 Å². The van der Waals surface area contributed by atoms with Crippen LogP contribution in [0.4, 0.5) is 0 Å². The lowest BCUT2D eigenvalue weighted by Gasteiger charge is -2.26. The second kappa shape index (κ2) is 10.2. The van der Waals surface area contributed by atoms with E-state index >= 15 is 0 Å². The number of benzene rings is 2. The summed E-state index contributed by atoms with van der Waals surface area (Å²) in [6, 6.07) is 12.5. The summed E-state index contributed by atoms with van der Waals surface area (Å²) in [5, 5.41) is 11.3. The SMILES string of the molecule is COc1ccc(/C(O)=C2/C(=O)C(=O)N(CCCN(C)C)C2c2cccc(C)c2)cc1C(C)C. The molecule has 0 radical (unpaired) electrons. The summed E-state index contributed by atoms with van der Waals surface area (Å²) in [4.78, 5) is 29.9. The first-order chi connectivity index (χ1) is 15.6. The quantitative estimate of drug-likeness (QED) is 0.364. The van der Waals surface area contributed by atoms with Gasteiger partial charge in [-0.25, -0.2) is 0 Å². The van der Waals surface area contributed by atoms with Crippen LogP contribution in [0.25, 0.3) is 5.76 Å². The van der Waals surface area contributed by atoms with Crippen molar-refractivity contribution in [2.24, 2.45) is 0 Å². The average Bonchev–Trinajstić information content (AvgIpc) is 3.03. The van der Waals surface area contributed by atoms with Crippen molar-refractivity contribution in [3.05, 3.63) is 70.3 Å². The molecule has 33 heavy (non-hydrogen) atoms. The van der Waals surface area contributed by atoms with Crippen LogP contribution in [-0.2, 0) is 9.59 Å². The molecule has 0 bridgehead atoms. The lowest BCUT2D eigenvalue weighted by molar-refractivity contribution is -0.139. The van der Waals surface area contributed by atoms with Crippen LogP contribution in [0, 0.1) is 6.92 Å². The highest BCUT2D eigenvalue weighted by molar-refractivity contribution is 6.46. The molecule has 1 N–H and O–H groups in total. The van der Waals surface area contributed by atoms with Crippen molar-refractivity contribution in [2.75, 3.05) is 34.3 Å². The van der Waals surface area contributed by atoms with E-state index < -0.39 is 17.7 Å². The van der Waals surface area contributed by atoms with Crippen LogP contribution < -0.4 is 4.74 Å². The van der Waals surface area contributed by atoms with E-state index in [2.05, 4.69) is 0 Å². The van der Waals surface area contributed by atoms with Gasteiger partial charge in [-0.2, -0.15) is 0 Å². The molecule has 1 saturated heterocycles. The number of hydrogen-bond donors (Lipinski definition) is 1. The minimum atomic E-state index is -0.647. The fraction of sp³-hybridized carbons (Fsp3) is 0.407. The third kappa shape index (κ3) is 5.11. The number of hydrogen-bond acceptors (Lipinski definition) is 5. The molecule has 2 aromatic carbocycles. The van der Waals surface area contributed by atoms with Crippen molar-refractivity contribution in [1.82, 2.24) is 9.80 Å². The van der Waals surface area contributed by atoms with E-state index in [-0.39, 0.29) is 17.3 Å². The molecule has 0 aromatic heterocycles. The number of aliphatic hydroxyl groups excluding tert-OH is 1. The highest BCUT2D eigenvalue weighted by atomic mass is 16.5. The van der Waals surface area contributed by atoms with Gasteiger partial charge in [0.1, 0.15) is 11.5 Å². The van der Waals surface area contributed by atoms with Crippen molar-refractivity contribution in [3.8, 4) is 5.75 Å². The molecule has 176 valence electrons. The third-order valence-corrected chi connectivity index (χ3v) is 6.03. The Balaban J connectivity index is 2.14. The van der Waals surface area contributed by atoms with Gasteiger partial charge in [0.25, 0.3) is 11.7 Å². The van der Waals surface area contributed by atoms with E-state index in [4.69, 9.17) is 4.74 Å². The number of nitrogens with zero attached hydrogens (tertiary/aromatic N) is 2. The number of rotatable bonds is 8. The van der Waals surface area contributed by atoms with E-state index in [9.17, 15) is 14.7 Å². The van der Waals surface area contributed by atoms with Crippen molar-refractivity contribution in [2.45, 2.75) is 39.2 Å². The van der Waals surface area contributed by atoms with Gasteiger partial charge in [-0.15, -0.1) is 0 Å². The summed E-state index contributed by atoms with van der Waals surface area (Å²) in [5.41, 5.74) is 3.41. The Kier molecular flexibility index (Phi) is 7.59. The van der Waals surface area contributed by atoms with E-state index in [1.807, 2.05) is 70.1 Å². The zero-order valence-corrected chi connectivity index (χ0v) is 20.4. The lowest BCUT2D eigenvalue weighted by Crippen LogP contribution is -2.32. The number of aliphatic hydroxyl groups is 1. The molecule has 1 unspecified atom stereocenters. The number of aryl methyl sites for hydroxylation is 1. The Morgan fingerprint density at radius 3 is 2.48 bits per heavy atom. The summed E-state index contributed by atoms with van der Waals surface area (Å²) in [6.45, 7) is 7.27. The first-order valence-corrected chi connectivity index (χ1v) is 11.3. The molecular weight excluding hydrogens is 416 g/mol. The maximum Gasteiger partial charge on any atom is 0.295 e. The maximum atomic E-state index is 13.2. The molecule has 1 fully saturated rings. The van der Waals surface area contributed by atoms with Gasteiger partial charge in [-0.05, 0) is 69.2 Å². The van der Waals surface area contributed by atoms with Crippen LogP contribution in [0.2, 0.25) is 0 Å². The molecule has 1 aliphatic heterocycles. The maximum absolute atomic E-state index is 13.2. The standard InChI is InChI=1S/C27H34N2O4/c1-17(2)21-16-20(11-12-22(21)33-6)25(30)23-24(19-10-7-9-18(3)15-19)29(27(32)26(23)31)14-8-13-28(4)5/h7,9-12,15-17,24,30H,8,13-14H2,1-6H3/b25-23-. The van der Waals surface area contributed by atoms with Gasteiger partial charge in [-0.1, -0.05) is 43.7 Å². The molecular formula is C27H34N2O4. The van der Waals surface area contributed by atoms with E-state index in [0.717, 1.165) is 35.4 Å². The molecule has 6 heteroatoms. The Labute approximate surface area is 196 Å². The van der Waals surface area contributed by atoms with Gasteiger partial charge in [-0.3, -0.25) is 9.59 Å². The molecule has 2 aromatic rings. The summed E-state index contributed by atoms with van der Waals surface area (Å²) < 4.78 is 5.46. The summed E-state index contributed by atoms with van der Waals surface area (Å²) in [5.74, 6) is -0.487. The Morgan fingerprint density at radius 2 is 1.88 bits per heavy atom. The van der Waals surface area contributed by atoms with Gasteiger partial charge in [0, 0.05) is 12.1 Å². The van der Waals surface area contributed by atoms with E-state index in [1.54, 1.807) is 24.1 Å². The Hall–Kier alpha value is -3.12. The lowest BCUT2D eigenvalue weighted by atomic mass is 9.92. The predicted octanol–water partition coefficient (Wildman–Crippen LogP) is 4.50. The average molecular weight is 451 g/mol. The van der Waals surface area contributed by atoms with Gasteiger partial charge in [0.15, 0.2) is 0 Å². The topological polar surface area (TPSA) is 70.1 Å². The number of ether oxygens (including phenoxy) is 1. The summed E-state index contributed by atoms with van der Waals surface area (Å²) in [6.07, 6.45) is 0.725. The van der Waals surface area contributed by atoms with Gasteiger partial charge in [0.05, 0.1) is 18.7 Å². The molecule has 0 aliphatic carbocycles. The molecule has 3 rings (SSSR count). The minimum absolute atomic E-state index is 0.135. The number of ketones is 1. The van der Waals surface area contributed by atoms with Crippen LogP contribution >= 0.6 is 0 Å². The molecule has 1 atom stereocenters. The fourth-order valence-corrected chi connectivity index (χ4v) is 4.34. The number of Topliss-reactive ketones (excluding diaryl/α,β-unsaturated/α-hetero) is 1. The molecule has 0 saturated carbocycles. The predicted molar refractivity (Wildman–Crippen MR) is 130 cm³/mol. The van der Waals surface area contributed by atoms with Crippen LogP contribution in [0.15, 0.2) is 48.0 Å². The fourth-order valence-electron chi connectivity index (χ4n) is 4.34. The first-order valence-electron chi connectivity index (χ1n) is 11.3. The van der Waals surface area contributed by atoms with E-state index in [1.165, 1.54) is 0 Å². The number of amides is 1. The zero-order chi connectivity index (χ0) is 24.3. The van der Waals surface area contributed by atoms with Gasteiger partial charge >= 0.3 is 0 Å². The van der Waals surface area contributed by atoms with Crippen molar-refractivity contribution in [3.63, 3.8) is 0 Å². The highest BCUT2D eigenvalue weighted by Gasteiger charge is 2.45. The number of methoxy groups -OCH3 is 1. The molecule has 0 spiro atoms. The monoisotopic (exact) mass is 450 g/mol. The van der Waals surface area contributed by atoms with E-state index in [0.29, 0.717) is 12.1 Å². The molecule has 1 aliphatic rings. The van der Waals surface area contributed by atoms with Crippen LogP contribution in [-0.4, -0.2) is 60.9 Å². The second-order valence-corrected chi connectivity index (χ2v) is 9.17. The molecule has 6 nitrogen and oxygen atoms in total. The van der Waals surface area contributed by atoms with Crippen molar-refractivity contribution < 1.29 is 19.4 Å². The Morgan fingerprint density at radius 1 is 1.15 bits per heavy atom. The smallest absolute Gasteiger partial charge is 0.295 e. The van der Waals surface area contributed by atoms with Gasteiger partial charge < -0.3 is 19.6 Å². The number of likely N-dealkylation sites (tertiary alicyclic amines) is 1. The summed E-state index contributed by atoms with van der Waals surface area (Å²) in [7, 11) is 5.56. The number of carbonyl (C=O) groups excluding carboxylic acids is 2. The Bertz CT molecular complexity index is 1070. The van der Waals surface area contributed by atoms with Crippen LogP contribution in [0.5, 0.6) is 5.75 Å². The number of carbonyl (C=O) groups is 2. The van der Waals surface area contributed by atoms with Crippen molar-refractivity contribution in [1.29, 1.82) is 0 Å². The normalized spacial score (nSPS) is 17.9. The third-order valence-electron chi connectivity index (χ3n) is 6.03. The summed E-state index contributed by atoms with van der Waals surface area (Å²) >= 11 is 0. The second-order valence-electron chi connectivity index (χ2n) is 9.17. The van der Waals surface area contributed by atoms with Crippen LogP contribution in [0.1, 0.15) is 54.5 Å². The minimum Gasteiger partial charge on any atom is -0.507 e. The zero-order valence-electron chi connectivity index (χ0n) is 20.4.